The Morgan fingerprint density at radius 1 is 1.47 bits per heavy atom. The molecule has 2 unspecified atom stereocenters. The van der Waals surface area contributed by atoms with Crippen molar-refractivity contribution in [3.8, 4) is 11.8 Å². The van der Waals surface area contributed by atoms with Crippen LogP contribution in [0.3, 0.4) is 0 Å². The van der Waals surface area contributed by atoms with Gasteiger partial charge in [0.2, 0.25) is 0 Å². The van der Waals surface area contributed by atoms with Gasteiger partial charge in [-0.3, -0.25) is 0 Å². The van der Waals surface area contributed by atoms with Gasteiger partial charge in [-0.1, -0.05) is 20.8 Å². The maximum atomic E-state index is 3.68. The SMILES string of the molecule is CC#CCCC(NCCC)C1CC1(C)C. The van der Waals surface area contributed by atoms with Crippen LogP contribution in [-0.2, 0) is 0 Å². The van der Waals surface area contributed by atoms with E-state index in [9.17, 15) is 0 Å². The first kappa shape index (κ1) is 12.6. The van der Waals surface area contributed by atoms with Crippen molar-refractivity contribution in [1.29, 1.82) is 0 Å². The van der Waals surface area contributed by atoms with E-state index in [1.165, 1.54) is 19.3 Å². The average Bonchev–Trinajstić information content (AvgIpc) is 2.81. The van der Waals surface area contributed by atoms with Crippen LogP contribution in [-0.4, -0.2) is 12.6 Å². The monoisotopic (exact) mass is 207 g/mol. The van der Waals surface area contributed by atoms with Crippen LogP contribution in [0.25, 0.3) is 0 Å². The van der Waals surface area contributed by atoms with E-state index in [0.717, 1.165) is 18.9 Å². The maximum Gasteiger partial charge on any atom is 0.0110 e. The molecule has 1 heteroatoms. The van der Waals surface area contributed by atoms with Gasteiger partial charge < -0.3 is 5.32 Å². The Hall–Kier alpha value is -0.480. The molecule has 0 aliphatic heterocycles. The Morgan fingerprint density at radius 3 is 2.60 bits per heavy atom. The molecule has 0 radical (unpaired) electrons. The summed E-state index contributed by atoms with van der Waals surface area (Å²) in [5.41, 5.74) is 0.574. The van der Waals surface area contributed by atoms with Crippen molar-refractivity contribution < 1.29 is 0 Å². The van der Waals surface area contributed by atoms with E-state index in [1.807, 2.05) is 6.92 Å². The largest absolute Gasteiger partial charge is 0.314 e. The van der Waals surface area contributed by atoms with Crippen molar-refractivity contribution in [2.45, 2.75) is 59.4 Å². The fourth-order valence-corrected chi connectivity index (χ4v) is 2.32. The molecule has 2 atom stereocenters. The van der Waals surface area contributed by atoms with Gasteiger partial charge in [-0.15, -0.1) is 11.8 Å². The molecule has 0 aromatic carbocycles. The Balaban J connectivity index is 2.35. The molecule has 1 aliphatic rings. The van der Waals surface area contributed by atoms with Crippen molar-refractivity contribution in [2.24, 2.45) is 11.3 Å². The summed E-state index contributed by atoms with van der Waals surface area (Å²) in [7, 11) is 0. The summed E-state index contributed by atoms with van der Waals surface area (Å²) in [6, 6.07) is 0.695. The quantitative estimate of drug-likeness (QED) is 0.660. The highest BCUT2D eigenvalue weighted by molar-refractivity contribution is 5.03. The molecule has 1 rings (SSSR count). The summed E-state index contributed by atoms with van der Waals surface area (Å²) < 4.78 is 0. The Kier molecular flexibility index (Phi) is 4.67. The van der Waals surface area contributed by atoms with Gasteiger partial charge in [-0.25, -0.2) is 0 Å². The standard InChI is InChI=1S/C14H25N/c1-5-7-8-9-13(15-10-6-2)12-11-14(12,3)4/h12-13,15H,6,8-11H2,1-4H3. The van der Waals surface area contributed by atoms with Crippen LogP contribution < -0.4 is 5.32 Å². The Morgan fingerprint density at radius 2 is 2.13 bits per heavy atom. The van der Waals surface area contributed by atoms with E-state index >= 15 is 0 Å². The first-order valence-electron chi connectivity index (χ1n) is 6.24. The molecule has 0 amide bonds. The number of hydrogen-bond acceptors (Lipinski definition) is 1. The van der Waals surface area contributed by atoms with E-state index in [2.05, 4.69) is 37.9 Å². The van der Waals surface area contributed by atoms with Crippen molar-refractivity contribution in [1.82, 2.24) is 5.32 Å². The first-order valence-corrected chi connectivity index (χ1v) is 6.24. The van der Waals surface area contributed by atoms with Crippen LogP contribution in [0, 0.1) is 23.2 Å². The molecular formula is C14H25N. The normalized spacial score (nSPS) is 24.1. The summed E-state index contributed by atoms with van der Waals surface area (Å²) in [5.74, 6) is 7.03. The van der Waals surface area contributed by atoms with Crippen molar-refractivity contribution >= 4 is 0 Å². The molecular weight excluding hydrogens is 182 g/mol. The predicted octanol–water partition coefficient (Wildman–Crippen LogP) is 3.20. The Labute approximate surface area is 95.0 Å². The van der Waals surface area contributed by atoms with Crippen molar-refractivity contribution in [3.63, 3.8) is 0 Å². The molecule has 86 valence electrons. The molecule has 0 heterocycles. The van der Waals surface area contributed by atoms with Gasteiger partial charge >= 0.3 is 0 Å². The number of rotatable bonds is 6. The van der Waals surface area contributed by atoms with Crippen molar-refractivity contribution in [2.75, 3.05) is 6.54 Å². The summed E-state index contributed by atoms with van der Waals surface area (Å²) in [5, 5.41) is 3.68. The molecule has 0 aromatic rings. The second kappa shape index (κ2) is 5.56. The molecule has 0 saturated heterocycles. The smallest absolute Gasteiger partial charge is 0.0110 e. The van der Waals surface area contributed by atoms with Crippen LogP contribution in [0.2, 0.25) is 0 Å². The van der Waals surface area contributed by atoms with Crippen LogP contribution in [0.15, 0.2) is 0 Å². The van der Waals surface area contributed by atoms with Gasteiger partial charge in [0.25, 0.3) is 0 Å². The lowest BCUT2D eigenvalue weighted by atomic mass is 10.00. The van der Waals surface area contributed by atoms with E-state index in [-0.39, 0.29) is 0 Å². The summed E-state index contributed by atoms with van der Waals surface area (Å²) in [4.78, 5) is 0. The zero-order valence-corrected chi connectivity index (χ0v) is 10.7. The van der Waals surface area contributed by atoms with Crippen LogP contribution in [0.4, 0.5) is 0 Å². The fraction of sp³-hybridized carbons (Fsp3) is 0.857. The highest BCUT2D eigenvalue weighted by Crippen LogP contribution is 2.54. The molecule has 1 N–H and O–H groups in total. The second-order valence-electron chi connectivity index (χ2n) is 5.33. The lowest BCUT2D eigenvalue weighted by Gasteiger charge is -2.19. The Bertz CT molecular complexity index is 244. The highest BCUT2D eigenvalue weighted by Gasteiger charge is 2.49. The molecule has 1 nitrogen and oxygen atoms in total. The third kappa shape index (κ3) is 3.87. The zero-order chi connectivity index (χ0) is 11.3. The van der Waals surface area contributed by atoms with Crippen molar-refractivity contribution in [3.05, 3.63) is 0 Å². The van der Waals surface area contributed by atoms with E-state index < -0.39 is 0 Å². The highest BCUT2D eigenvalue weighted by atomic mass is 14.9. The molecule has 1 aliphatic carbocycles. The summed E-state index contributed by atoms with van der Waals surface area (Å²) in [6.07, 6.45) is 4.87. The molecule has 15 heavy (non-hydrogen) atoms. The van der Waals surface area contributed by atoms with E-state index in [4.69, 9.17) is 0 Å². The predicted molar refractivity (Wildman–Crippen MR) is 66.7 cm³/mol. The lowest BCUT2D eigenvalue weighted by molar-refractivity contribution is 0.388. The zero-order valence-electron chi connectivity index (χ0n) is 10.7. The van der Waals surface area contributed by atoms with Gasteiger partial charge in [0.1, 0.15) is 0 Å². The molecule has 1 saturated carbocycles. The summed E-state index contributed by atoms with van der Waals surface area (Å²) in [6.45, 7) is 10.1. The van der Waals surface area contributed by atoms with E-state index in [1.54, 1.807) is 0 Å². The molecule has 1 fully saturated rings. The van der Waals surface area contributed by atoms with Gasteiger partial charge in [0.05, 0.1) is 0 Å². The number of hydrogen-bond donors (Lipinski definition) is 1. The molecule has 0 spiro atoms. The maximum absolute atomic E-state index is 3.68. The van der Waals surface area contributed by atoms with Gasteiger partial charge in [0.15, 0.2) is 0 Å². The molecule has 0 bridgehead atoms. The average molecular weight is 207 g/mol. The van der Waals surface area contributed by atoms with Crippen LogP contribution in [0.1, 0.15) is 53.4 Å². The molecule has 0 aromatic heterocycles. The minimum Gasteiger partial charge on any atom is -0.314 e. The topological polar surface area (TPSA) is 12.0 Å². The van der Waals surface area contributed by atoms with Gasteiger partial charge in [-0.2, -0.15) is 0 Å². The third-order valence-electron chi connectivity index (χ3n) is 3.49. The van der Waals surface area contributed by atoms with Crippen LogP contribution in [0.5, 0.6) is 0 Å². The minimum absolute atomic E-state index is 0.574. The fourth-order valence-electron chi connectivity index (χ4n) is 2.32. The van der Waals surface area contributed by atoms with Crippen LogP contribution >= 0.6 is 0 Å². The minimum atomic E-state index is 0.574. The van der Waals surface area contributed by atoms with Gasteiger partial charge in [-0.05, 0) is 44.1 Å². The van der Waals surface area contributed by atoms with E-state index in [0.29, 0.717) is 11.5 Å². The third-order valence-corrected chi connectivity index (χ3v) is 3.49. The second-order valence-corrected chi connectivity index (χ2v) is 5.33. The van der Waals surface area contributed by atoms with Gasteiger partial charge in [0, 0.05) is 12.5 Å². The summed E-state index contributed by atoms with van der Waals surface area (Å²) >= 11 is 0. The first-order chi connectivity index (χ1) is 7.11. The number of nitrogens with one attached hydrogen (secondary N) is 1. The lowest BCUT2D eigenvalue weighted by Crippen LogP contribution is -2.33.